The van der Waals surface area contributed by atoms with Gasteiger partial charge in [-0.1, -0.05) is 29.4 Å². The van der Waals surface area contributed by atoms with Gasteiger partial charge in [-0.15, -0.1) is 0 Å². The van der Waals surface area contributed by atoms with Crippen LogP contribution in [0.15, 0.2) is 53.1 Å². The van der Waals surface area contributed by atoms with Gasteiger partial charge in [-0.2, -0.15) is 18.2 Å². The van der Waals surface area contributed by atoms with E-state index in [2.05, 4.69) is 15.5 Å². The van der Waals surface area contributed by atoms with Crippen LogP contribution in [0.2, 0.25) is 0 Å². The average molecular weight is 443 g/mol. The Hall–Kier alpha value is -3.28. The van der Waals surface area contributed by atoms with Crippen LogP contribution in [0.5, 0.6) is 0 Å². The molecule has 0 fully saturated rings. The first kappa shape index (κ1) is 21.4. The number of sulfone groups is 1. The maximum atomic E-state index is 13.5. The third-order valence-electron chi connectivity index (χ3n) is 3.76. The molecule has 1 amide bonds. The number of nitrogens with one attached hydrogen (secondary N) is 1. The molecule has 0 saturated heterocycles. The van der Waals surface area contributed by atoms with E-state index in [1.54, 1.807) is 0 Å². The Labute approximate surface area is 167 Å². The van der Waals surface area contributed by atoms with Gasteiger partial charge in [0.25, 0.3) is 0 Å². The first-order valence-corrected chi connectivity index (χ1v) is 10.1. The van der Waals surface area contributed by atoms with Crippen LogP contribution in [0.4, 0.5) is 23.2 Å². The summed E-state index contributed by atoms with van der Waals surface area (Å²) in [5.41, 5.74) is -1.12. The molecular weight excluding hydrogens is 430 g/mol. The van der Waals surface area contributed by atoms with Crippen molar-refractivity contribution < 1.29 is 35.3 Å². The molecule has 3 rings (SSSR count). The number of halogens is 4. The number of alkyl halides is 3. The van der Waals surface area contributed by atoms with Crippen molar-refractivity contribution in [2.24, 2.45) is 0 Å². The van der Waals surface area contributed by atoms with Crippen LogP contribution < -0.4 is 5.32 Å². The van der Waals surface area contributed by atoms with Crippen LogP contribution in [0, 0.1) is 5.82 Å². The number of amides is 1. The van der Waals surface area contributed by atoms with Crippen molar-refractivity contribution in [1.29, 1.82) is 0 Å². The molecule has 0 spiro atoms. The first-order chi connectivity index (χ1) is 14.0. The summed E-state index contributed by atoms with van der Waals surface area (Å²) in [6.45, 7) is 0. The Balaban J connectivity index is 1.69. The van der Waals surface area contributed by atoms with E-state index in [0.29, 0.717) is 0 Å². The quantitative estimate of drug-likeness (QED) is 0.586. The second-order valence-electron chi connectivity index (χ2n) is 6.15. The lowest BCUT2D eigenvalue weighted by atomic mass is 10.1. The molecule has 0 radical (unpaired) electrons. The summed E-state index contributed by atoms with van der Waals surface area (Å²) in [7, 11) is -4.08. The van der Waals surface area contributed by atoms with Gasteiger partial charge in [0.05, 0.1) is 11.3 Å². The number of hydrogen-bond acceptors (Lipinski definition) is 6. The summed E-state index contributed by atoms with van der Waals surface area (Å²) >= 11 is 0. The molecule has 3 aromatic rings. The molecule has 0 aliphatic carbocycles. The van der Waals surface area contributed by atoms with Crippen LogP contribution >= 0.6 is 0 Å². The maximum Gasteiger partial charge on any atom is 0.416 e. The summed E-state index contributed by atoms with van der Waals surface area (Å²) in [5, 5.41) is 5.62. The van der Waals surface area contributed by atoms with E-state index in [1.165, 1.54) is 24.3 Å². The van der Waals surface area contributed by atoms with Crippen molar-refractivity contribution in [3.63, 3.8) is 0 Å². The zero-order chi connectivity index (χ0) is 21.9. The third kappa shape index (κ3) is 5.41. The Morgan fingerprint density at radius 1 is 1.10 bits per heavy atom. The minimum atomic E-state index is -4.57. The molecule has 1 heterocycles. The lowest BCUT2D eigenvalue weighted by Crippen LogP contribution is -2.24. The predicted octanol–water partition coefficient (Wildman–Crippen LogP) is 3.45. The lowest BCUT2D eigenvalue weighted by Gasteiger charge is -2.06. The van der Waals surface area contributed by atoms with E-state index < -0.39 is 50.7 Å². The standard InChI is InChI=1S/C18H13F4N3O4S/c19-13-6-1-2-7-14(13)23-15(26)9-30(27,28)10-16-24-17(25-29-16)11-4-3-5-12(8-11)18(20,21)22/h1-8H,9-10H2,(H,23,26). The molecule has 0 bridgehead atoms. The number of rotatable bonds is 6. The Morgan fingerprint density at radius 2 is 1.83 bits per heavy atom. The zero-order valence-electron chi connectivity index (χ0n) is 15.0. The highest BCUT2D eigenvalue weighted by Crippen LogP contribution is 2.31. The molecule has 30 heavy (non-hydrogen) atoms. The zero-order valence-corrected chi connectivity index (χ0v) is 15.8. The number of anilines is 1. The van der Waals surface area contributed by atoms with Crippen LogP contribution in [-0.2, 0) is 26.6 Å². The molecule has 2 aromatic carbocycles. The van der Waals surface area contributed by atoms with Gasteiger partial charge in [-0.3, -0.25) is 4.79 Å². The van der Waals surface area contributed by atoms with Crippen molar-refractivity contribution in [2.45, 2.75) is 11.9 Å². The molecule has 12 heteroatoms. The molecule has 1 N–H and O–H groups in total. The summed E-state index contributed by atoms with van der Waals surface area (Å²) < 4.78 is 81.1. The molecule has 158 valence electrons. The van der Waals surface area contributed by atoms with Crippen LogP contribution in [0.1, 0.15) is 11.5 Å². The summed E-state index contributed by atoms with van der Waals surface area (Å²) in [6.07, 6.45) is -4.57. The summed E-state index contributed by atoms with van der Waals surface area (Å²) in [5.74, 6) is -4.14. The number of carbonyl (C=O) groups excluding carboxylic acids is 1. The molecule has 7 nitrogen and oxygen atoms in total. The fraction of sp³-hybridized carbons (Fsp3) is 0.167. The molecule has 0 aliphatic rings. The second-order valence-corrected chi connectivity index (χ2v) is 8.22. The molecule has 1 aromatic heterocycles. The molecular formula is C18H13F4N3O4S. The topological polar surface area (TPSA) is 102 Å². The van der Waals surface area contributed by atoms with Gasteiger partial charge in [-0.05, 0) is 24.3 Å². The van der Waals surface area contributed by atoms with Gasteiger partial charge >= 0.3 is 6.18 Å². The fourth-order valence-corrected chi connectivity index (χ4v) is 3.52. The number of nitrogens with zero attached hydrogens (tertiary/aromatic N) is 2. The Kier molecular flexibility index (Phi) is 5.87. The van der Waals surface area contributed by atoms with Gasteiger partial charge in [0.1, 0.15) is 17.3 Å². The minimum absolute atomic E-state index is 0.0190. The van der Waals surface area contributed by atoms with Gasteiger partial charge in [0.15, 0.2) is 9.84 Å². The van der Waals surface area contributed by atoms with Gasteiger partial charge in [0, 0.05) is 5.56 Å². The summed E-state index contributed by atoms with van der Waals surface area (Å²) in [6, 6.07) is 9.34. The van der Waals surface area contributed by atoms with Gasteiger partial charge in [0.2, 0.25) is 17.6 Å². The molecule has 0 unspecified atom stereocenters. The smallest absolute Gasteiger partial charge is 0.338 e. The monoisotopic (exact) mass is 443 g/mol. The second kappa shape index (κ2) is 8.22. The Morgan fingerprint density at radius 3 is 2.53 bits per heavy atom. The number of para-hydroxylation sites is 1. The van der Waals surface area contributed by atoms with Crippen molar-refractivity contribution in [3.8, 4) is 11.4 Å². The van der Waals surface area contributed by atoms with E-state index in [9.17, 15) is 30.8 Å². The number of hydrogen-bond donors (Lipinski definition) is 1. The van der Waals surface area contributed by atoms with Gasteiger partial charge in [-0.25, -0.2) is 12.8 Å². The van der Waals surface area contributed by atoms with Crippen LogP contribution in [-0.4, -0.2) is 30.2 Å². The van der Waals surface area contributed by atoms with Gasteiger partial charge < -0.3 is 9.84 Å². The highest BCUT2D eigenvalue weighted by atomic mass is 32.2. The van der Waals surface area contributed by atoms with Crippen molar-refractivity contribution in [3.05, 3.63) is 65.8 Å². The highest BCUT2D eigenvalue weighted by Gasteiger charge is 2.31. The van der Waals surface area contributed by atoms with E-state index in [0.717, 1.165) is 24.3 Å². The van der Waals surface area contributed by atoms with E-state index >= 15 is 0 Å². The van der Waals surface area contributed by atoms with Crippen LogP contribution in [0.3, 0.4) is 0 Å². The van der Waals surface area contributed by atoms with Crippen molar-refractivity contribution in [2.75, 3.05) is 11.1 Å². The number of aromatic nitrogens is 2. The SMILES string of the molecule is O=C(CS(=O)(=O)Cc1nc(-c2cccc(C(F)(F)F)c2)no1)Nc1ccccc1F. The highest BCUT2D eigenvalue weighted by molar-refractivity contribution is 7.91. The number of carbonyl (C=O) groups is 1. The molecule has 0 saturated carbocycles. The third-order valence-corrected chi connectivity index (χ3v) is 5.15. The minimum Gasteiger partial charge on any atom is -0.338 e. The van der Waals surface area contributed by atoms with Crippen molar-refractivity contribution in [1.82, 2.24) is 10.1 Å². The van der Waals surface area contributed by atoms with Crippen molar-refractivity contribution >= 4 is 21.4 Å². The molecule has 0 atom stereocenters. The van der Waals surface area contributed by atoms with E-state index in [4.69, 9.17) is 4.52 Å². The first-order valence-electron chi connectivity index (χ1n) is 8.28. The maximum absolute atomic E-state index is 13.5. The largest absolute Gasteiger partial charge is 0.416 e. The fourth-order valence-electron chi connectivity index (χ4n) is 2.45. The average Bonchev–Trinajstić information content (AvgIpc) is 3.10. The Bertz CT molecular complexity index is 1180. The lowest BCUT2D eigenvalue weighted by molar-refractivity contribution is -0.137. The molecule has 0 aliphatic heterocycles. The number of benzene rings is 2. The summed E-state index contributed by atoms with van der Waals surface area (Å²) in [4.78, 5) is 15.7. The van der Waals surface area contributed by atoms with Crippen LogP contribution in [0.25, 0.3) is 11.4 Å². The predicted molar refractivity (Wildman–Crippen MR) is 97.3 cm³/mol. The normalized spacial score (nSPS) is 12.0. The van der Waals surface area contributed by atoms with E-state index in [1.807, 2.05) is 0 Å². The van der Waals surface area contributed by atoms with E-state index in [-0.39, 0.29) is 17.1 Å².